The fourth-order valence-corrected chi connectivity index (χ4v) is 1.88. The van der Waals surface area contributed by atoms with Crippen LogP contribution in [0, 0.1) is 0 Å². The Labute approximate surface area is 118 Å². The summed E-state index contributed by atoms with van der Waals surface area (Å²) < 4.78 is 5.49. The number of pyridine rings is 1. The predicted octanol–water partition coefficient (Wildman–Crippen LogP) is 2.34. The van der Waals surface area contributed by atoms with E-state index in [4.69, 9.17) is 10.5 Å². The van der Waals surface area contributed by atoms with Crippen LogP contribution < -0.4 is 15.4 Å². The van der Waals surface area contributed by atoms with Gasteiger partial charge in [0.1, 0.15) is 0 Å². The van der Waals surface area contributed by atoms with Crippen LogP contribution in [0.25, 0.3) is 0 Å². The Morgan fingerprint density at radius 2 is 2.15 bits per heavy atom. The van der Waals surface area contributed by atoms with Gasteiger partial charge in [0.25, 0.3) is 5.91 Å². The molecule has 2 N–H and O–H groups in total. The molecule has 20 heavy (non-hydrogen) atoms. The van der Waals surface area contributed by atoms with E-state index in [0.29, 0.717) is 29.3 Å². The van der Waals surface area contributed by atoms with Crippen LogP contribution in [0.2, 0.25) is 0 Å². The molecule has 0 spiro atoms. The van der Waals surface area contributed by atoms with Gasteiger partial charge in [0.2, 0.25) is 0 Å². The number of hydrogen-bond acceptors (Lipinski definition) is 4. The molecule has 0 bridgehead atoms. The van der Waals surface area contributed by atoms with E-state index in [9.17, 15) is 4.79 Å². The number of aromatic nitrogens is 1. The quantitative estimate of drug-likeness (QED) is 0.867. The predicted molar refractivity (Wildman–Crippen MR) is 79.0 cm³/mol. The summed E-state index contributed by atoms with van der Waals surface area (Å²) >= 11 is 0. The maximum atomic E-state index is 12.6. The highest BCUT2D eigenvalue weighted by molar-refractivity contribution is 6.08. The molecular formula is C15H17N3O2. The van der Waals surface area contributed by atoms with E-state index in [-0.39, 0.29) is 5.91 Å². The Morgan fingerprint density at radius 3 is 2.80 bits per heavy atom. The summed E-state index contributed by atoms with van der Waals surface area (Å²) in [5.41, 5.74) is 7.49. The lowest BCUT2D eigenvalue weighted by molar-refractivity contribution is 0.0989. The normalized spacial score (nSPS) is 10.1. The van der Waals surface area contributed by atoms with Crippen molar-refractivity contribution >= 4 is 17.3 Å². The molecular weight excluding hydrogens is 254 g/mol. The first-order valence-corrected chi connectivity index (χ1v) is 6.34. The Morgan fingerprint density at radius 1 is 1.35 bits per heavy atom. The smallest absolute Gasteiger partial charge is 0.261 e. The lowest BCUT2D eigenvalue weighted by Crippen LogP contribution is -2.27. The molecule has 0 saturated carbocycles. The van der Waals surface area contributed by atoms with E-state index in [1.54, 1.807) is 43.7 Å². The Kier molecular flexibility index (Phi) is 4.20. The van der Waals surface area contributed by atoms with E-state index in [2.05, 4.69) is 4.98 Å². The lowest BCUT2D eigenvalue weighted by atomic mass is 10.1. The summed E-state index contributed by atoms with van der Waals surface area (Å²) in [5, 5.41) is 0. The van der Waals surface area contributed by atoms with E-state index >= 15 is 0 Å². The van der Waals surface area contributed by atoms with Gasteiger partial charge in [-0.05, 0) is 31.2 Å². The van der Waals surface area contributed by atoms with Crippen molar-refractivity contribution in [2.45, 2.75) is 6.92 Å². The minimum Gasteiger partial charge on any atom is -0.491 e. The van der Waals surface area contributed by atoms with Crippen LogP contribution in [0.1, 0.15) is 17.3 Å². The van der Waals surface area contributed by atoms with E-state index in [1.807, 2.05) is 13.0 Å². The largest absolute Gasteiger partial charge is 0.491 e. The topological polar surface area (TPSA) is 68.5 Å². The minimum absolute atomic E-state index is 0.186. The summed E-state index contributed by atoms with van der Waals surface area (Å²) in [6.45, 7) is 2.30. The number of ether oxygens (including phenoxy) is 1. The highest BCUT2D eigenvalue weighted by atomic mass is 16.5. The number of nitrogens with two attached hydrogens (primary N) is 1. The van der Waals surface area contributed by atoms with E-state index in [1.165, 1.54) is 4.90 Å². The molecule has 1 aromatic carbocycles. The average Bonchev–Trinajstić information content (AvgIpc) is 2.49. The van der Waals surface area contributed by atoms with Crippen molar-refractivity contribution in [2.75, 3.05) is 24.3 Å². The molecule has 1 heterocycles. The number of nitrogens with zero attached hydrogens (tertiary/aromatic N) is 2. The van der Waals surface area contributed by atoms with Gasteiger partial charge < -0.3 is 15.4 Å². The summed E-state index contributed by atoms with van der Waals surface area (Å²) in [6, 6.07) is 8.75. The number of carbonyl (C=O) groups excluding carboxylic acids is 1. The molecule has 5 nitrogen and oxygen atoms in total. The van der Waals surface area contributed by atoms with Crippen LogP contribution in [0.15, 0.2) is 42.7 Å². The number of benzene rings is 1. The lowest BCUT2D eigenvalue weighted by Gasteiger charge is -2.19. The summed E-state index contributed by atoms with van der Waals surface area (Å²) in [6.07, 6.45) is 3.29. The molecule has 0 saturated heterocycles. The second-order valence-electron chi connectivity index (χ2n) is 4.23. The average molecular weight is 271 g/mol. The zero-order chi connectivity index (χ0) is 14.5. The van der Waals surface area contributed by atoms with Crippen molar-refractivity contribution in [3.8, 4) is 5.75 Å². The molecule has 0 unspecified atom stereocenters. The van der Waals surface area contributed by atoms with Crippen LogP contribution in [-0.4, -0.2) is 24.5 Å². The fourth-order valence-electron chi connectivity index (χ4n) is 1.88. The number of amides is 1. The first-order valence-electron chi connectivity index (χ1n) is 6.34. The van der Waals surface area contributed by atoms with Gasteiger partial charge in [-0.15, -0.1) is 0 Å². The Hall–Kier alpha value is -2.56. The Bertz CT molecular complexity index is 599. The summed E-state index contributed by atoms with van der Waals surface area (Å²) in [7, 11) is 1.69. The molecule has 104 valence electrons. The number of rotatable bonds is 4. The van der Waals surface area contributed by atoms with Crippen LogP contribution >= 0.6 is 0 Å². The Balaban J connectivity index is 2.36. The maximum Gasteiger partial charge on any atom is 0.261 e. The van der Waals surface area contributed by atoms with Crippen LogP contribution in [0.5, 0.6) is 5.75 Å². The molecule has 0 aliphatic carbocycles. The van der Waals surface area contributed by atoms with Gasteiger partial charge in [-0.1, -0.05) is 6.07 Å². The summed E-state index contributed by atoms with van der Waals surface area (Å²) in [5.74, 6) is 0.240. The van der Waals surface area contributed by atoms with Gasteiger partial charge >= 0.3 is 0 Å². The summed E-state index contributed by atoms with van der Waals surface area (Å²) in [4.78, 5) is 18.1. The number of anilines is 2. The second kappa shape index (κ2) is 6.06. The molecule has 5 heteroatoms. The van der Waals surface area contributed by atoms with Gasteiger partial charge in [0, 0.05) is 13.2 Å². The molecule has 0 radical (unpaired) electrons. The van der Waals surface area contributed by atoms with Gasteiger partial charge in [-0.3, -0.25) is 9.78 Å². The third-order valence-electron chi connectivity index (χ3n) is 2.90. The van der Waals surface area contributed by atoms with Crippen molar-refractivity contribution in [1.82, 2.24) is 4.98 Å². The maximum absolute atomic E-state index is 12.6. The number of para-hydroxylation sites is 1. The van der Waals surface area contributed by atoms with Gasteiger partial charge in [0.05, 0.1) is 29.7 Å². The molecule has 1 aromatic heterocycles. The van der Waals surface area contributed by atoms with Crippen LogP contribution in [0.3, 0.4) is 0 Å². The van der Waals surface area contributed by atoms with Crippen molar-refractivity contribution in [3.05, 3.63) is 48.3 Å². The van der Waals surface area contributed by atoms with Crippen molar-refractivity contribution in [1.29, 1.82) is 0 Å². The third kappa shape index (κ3) is 2.71. The van der Waals surface area contributed by atoms with Crippen molar-refractivity contribution in [3.63, 3.8) is 0 Å². The van der Waals surface area contributed by atoms with E-state index < -0.39 is 0 Å². The standard InChI is InChI=1S/C15H17N3O2/c1-3-20-14-12(7-4-8-13(14)16)15(19)18(2)11-6-5-9-17-10-11/h4-10H,3,16H2,1-2H3. The SMILES string of the molecule is CCOc1c(N)cccc1C(=O)N(C)c1cccnc1. The highest BCUT2D eigenvalue weighted by Gasteiger charge is 2.19. The molecule has 0 aliphatic heterocycles. The first-order chi connectivity index (χ1) is 9.65. The fraction of sp³-hybridized carbons (Fsp3) is 0.200. The van der Waals surface area contributed by atoms with Crippen LogP contribution in [0.4, 0.5) is 11.4 Å². The molecule has 2 rings (SSSR count). The number of nitrogen functional groups attached to an aromatic ring is 1. The number of hydrogen-bond donors (Lipinski definition) is 1. The molecule has 0 fully saturated rings. The van der Waals surface area contributed by atoms with E-state index in [0.717, 1.165) is 0 Å². The second-order valence-corrected chi connectivity index (χ2v) is 4.23. The molecule has 1 amide bonds. The van der Waals surface area contributed by atoms with Gasteiger partial charge in [0.15, 0.2) is 5.75 Å². The monoisotopic (exact) mass is 271 g/mol. The van der Waals surface area contributed by atoms with Gasteiger partial charge in [-0.25, -0.2) is 0 Å². The zero-order valence-corrected chi connectivity index (χ0v) is 11.5. The van der Waals surface area contributed by atoms with Crippen LogP contribution in [-0.2, 0) is 0 Å². The third-order valence-corrected chi connectivity index (χ3v) is 2.90. The molecule has 0 aliphatic rings. The van der Waals surface area contributed by atoms with Gasteiger partial charge in [-0.2, -0.15) is 0 Å². The highest BCUT2D eigenvalue weighted by Crippen LogP contribution is 2.28. The van der Waals surface area contributed by atoms with Crippen molar-refractivity contribution < 1.29 is 9.53 Å². The first kappa shape index (κ1) is 13.9. The molecule has 2 aromatic rings. The number of carbonyl (C=O) groups is 1. The molecule has 0 atom stereocenters. The minimum atomic E-state index is -0.186. The van der Waals surface area contributed by atoms with Crippen molar-refractivity contribution in [2.24, 2.45) is 0 Å². The zero-order valence-electron chi connectivity index (χ0n) is 11.5.